The molecule has 0 saturated carbocycles. The van der Waals surface area contributed by atoms with E-state index in [1.807, 2.05) is 0 Å². The molecule has 0 unspecified atom stereocenters. The van der Waals surface area contributed by atoms with Crippen molar-refractivity contribution in [3.8, 4) is 0 Å². The number of hydrazine groups is 1. The van der Waals surface area contributed by atoms with Crippen molar-refractivity contribution in [2.24, 2.45) is 5.84 Å². The molecule has 1 amide bonds. The first-order chi connectivity index (χ1) is 9.13. The van der Waals surface area contributed by atoms with Gasteiger partial charge in [0.2, 0.25) is 0 Å². The predicted octanol–water partition coefficient (Wildman–Crippen LogP) is 1.27. The van der Waals surface area contributed by atoms with Crippen LogP contribution in [0.3, 0.4) is 0 Å². The zero-order valence-corrected chi connectivity index (χ0v) is 11.5. The van der Waals surface area contributed by atoms with Crippen LogP contribution in [-0.2, 0) is 4.74 Å². The molecule has 2 rings (SSSR count). The van der Waals surface area contributed by atoms with Crippen LogP contribution in [0.1, 0.15) is 23.2 Å². The quantitative estimate of drug-likeness (QED) is 0.645. The topological polar surface area (TPSA) is 80.5 Å². The van der Waals surface area contributed by atoms with Gasteiger partial charge in [0, 0.05) is 32.5 Å². The van der Waals surface area contributed by atoms with E-state index in [0.717, 1.165) is 12.8 Å². The van der Waals surface area contributed by atoms with E-state index in [1.54, 1.807) is 18.0 Å². The van der Waals surface area contributed by atoms with Gasteiger partial charge in [-0.05, 0) is 18.9 Å². The van der Waals surface area contributed by atoms with Crippen molar-refractivity contribution in [3.63, 3.8) is 0 Å². The fourth-order valence-corrected chi connectivity index (χ4v) is 2.32. The van der Waals surface area contributed by atoms with Crippen molar-refractivity contribution in [3.05, 3.63) is 22.8 Å². The van der Waals surface area contributed by atoms with Crippen LogP contribution in [0.2, 0.25) is 5.02 Å². The molecule has 0 atom stereocenters. The number of pyridine rings is 1. The molecular formula is C12H17ClN4O2. The number of hydrogen-bond acceptors (Lipinski definition) is 5. The summed E-state index contributed by atoms with van der Waals surface area (Å²) in [5, 5.41) is 0.328. The number of anilines is 1. The highest BCUT2D eigenvalue weighted by Gasteiger charge is 2.23. The third-order valence-corrected chi connectivity index (χ3v) is 3.57. The van der Waals surface area contributed by atoms with Crippen LogP contribution in [0.25, 0.3) is 0 Å². The Kier molecular flexibility index (Phi) is 4.57. The molecule has 104 valence electrons. The molecule has 0 radical (unpaired) electrons. The number of nitrogens with two attached hydrogens (primary N) is 1. The Hall–Kier alpha value is -1.37. The van der Waals surface area contributed by atoms with Gasteiger partial charge in [-0.2, -0.15) is 0 Å². The summed E-state index contributed by atoms with van der Waals surface area (Å²) in [4.78, 5) is 18.1. The number of amides is 1. The Morgan fingerprint density at radius 3 is 2.84 bits per heavy atom. The van der Waals surface area contributed by atoms with Crippen molar-refractivity contribution in [2.45, 2.75) is 18.9 Å². The van der Waals surface area contributed by atoms with Gasteiger partial charge in [0.1, 0.15) is 0 Å². The van der Waals surface area contributed by atoms with Gasteiger partial charge in [-0.15, -0.1) is 0 Å². The number of nitrogen functional groups attached to an aromatic ring is 1. The Morgan fingerprint density at radius 2 is 2.26 bits per heavy atom. The van der Waals surface area contributed by atoms with Gasteiger partial charge in [0.05, 0.1) is 10.6 Å². The van der Waals surface area contributed by atoms with E-state index in [1.165, 1.54) is 6.20 Å². The zero-order chi connectivity index (χ0) is 13.8. The minimum Gasteiger partial charge on any atom is -0.381 e. The minimum atomic E-state index is -0.0927. The molecule has 1 aliphatic rings. The summed E-state index contributed by atoms with van der Waals surface area (Å²) in [5.41, 5.74) is 2.83. The maximum absolute atomic E-state index is 12.3. The number of rotatable bonds is 3. The van der Waals surface area contributed by atoms with E-state index in [0.29, 0.717) is 29.6 Å². The fourth-order valence-electron chi connectivity index (χ4n) is 2.10. The van der Waals surface area contributed by atoms with Crippen LogP contribution in [0.4, 0.5) is 5.82 Å². The summed E-state index contributed by atoms with van der Waals surface area (Å²) in [6, 6.07) is 1.77. The van der Waals surface area contributed by atoms with Gasteiger partial charge < -0.3 is 15.1 Å². The highest BCUT2D eigenvalue weighted by molar-refractivity contribution is 6.33. The summed E-state index contributed by atoms with van der Waals surface area (Å²) in [5.74, 6) is 5.51. The first-order valence-electron chi connectivity index (χ1n) is 6.10. The second-order valence-electron chi connectivity index (χ2n) is 4.46. The van der Waals surface area contributed by atoms with Gasteiger partial charge in [0.25, 0.3) is 5.91 Å². The van der Waals surface area contributed by atoms with Crippen LogP contribution in [0.15, 0.2) is 12.3 Å². The van der Waals surface area contributed by atoms with E-state index in [9.17, 15) is 4.79 Å². The Labute approximate surface area is 116 Å². The van der Waals surface area contributed by atoms with Crippen molar-refractivity contribution >= 4 is 23.3 Å². The molecule has 0 spiro atoms. The van der Waals surface area contributed by atoms with Crippen molar-refractivity contribution in [1.29, 1.82) is 0 Å². The van der Waals surface area contributed by atoms with Gasteiger partial charge in [0.15, 0.2) is 5.82 Å². The second-order valence-corrected chi connectivity index (χ2v) is 4.87. The van der Waals surface area contributed by atoms with E-state index < -0.39 is 0 Å². The molecule has 19 heavy (non-hydrogen) atoms. The maximum Gasteiger partial charge on any atom is 0.255 e. The molecule has 0 bridgehead atoms. The molecular weight excluding hydrogens is 268 g/mol. The normalized spacial score (nSPS) is 16.2. The van der Waals surface area contributed by atoms with Gasteiger partial charge in [-0.1, -0.05) is 11.6 Å². The number of nitrogens with zero attached hydrogens (tertiary/aromatic N) is 2. The van der Waals surface area contributed by atoms with Crippen LogP contribution in [-0.4, -0.2) is 42.1 Å². The molecule has 3 N–H and O–H groups in total. The van der Waals surface area contributed by atoms with Gasteiger partial charge >= 0.3 is 0 Å². The second kappa shape index (κ2) is 6.18. The Balaban J connectivity index is 2.12. The summed E-state index contributed by atoms with van der Waals surface area (Å²) in [6.07, 6.45) is 3.18. The van der Waals surface area contributed by atoms with Gasteiger partial charge in [-0.3, -0.25) is 4.79 Å². The summed E-state index contributed by atoms with van der Waals surface area (Å²) >= 11 is 5.97. The first-order valence-corrected chi connectivity index (χ1v) is 6.48. The average molecular weight is 285 g/mol. The summed E-state index contributed by atoms with van der Waals surface area (Å²) in [6.45, 7) is 1.38. The number of carbonyl (C=O) groups excluding carboxylic acids is 1. The van der Waals surface area contributed by atoms with Crippen molar-refractivity contribution in [1.82, 2.24) is 9.88 Å². The highest BCUT2D eigenvalue weighted by Crippen LogP contribution is 2.21. The number of hydrogen-bond donors (Lipinski definition) is 2. The smallest absolute Gasteiger partial charge is 0.255 e. The van der Waals surface area contributed by atoms with Crippen LogP contribution in [0, 0.1) is 0 Å². The molecule has 1 aromatic heterocycles. The SMILES string of the molecule is CN(C(=O)c1cnc(NN)c(Cl)c1)C1CCOCC1. The first kappa shape index (κ1) is 14.0. The number of nitrogens with one attached hydrogen (secondary N) is 1. The lowest BCUT2D eigenvalue weighted by Gasteiger charge is -2.31. The summed E-state index contributed by atoms with van der Waals surface area (Å²) in [7, 11) is 1.79. The number of halogens is 1. The number of aromatic nitrogens is 1. The van der Waals surface area contributed by atoms with E-state index >= 15 is 0 Å². The van der Waals surface area contributed by atoms with Crippen LogP contribution >= 0.6 is 11.6 Å². The molecule has 1 aromatic rings. The zero-order valence-electron chi connectivity index (χ0n) is 10.7. The largest absolute Gasteiger partial charge is 0.381 e. The van der Waals surface area contributed by atoms with Crippen LogP contribution in [0.5, 0.6) is 0 Å². The fraction of sp³-hybridized carbons (Fsp3) is 0.500. The van der Waals surface area contributed by atoms with Crippen molar-refractivity contribution < 1.29 is 9.53 Å². The predicted molar refractivity (Wildman–Crippen MR) is 73.0 cm³/mol. The molecule has 0 aromatic carbocycles. The summed E-state index contributed by atoms with van der Waals surface area (Å²) < 4.78 is 5.29. The number of ether oxygens (including phenoxy) is 1. The molecule has 1 saturated heterocycles. The Bertz CT molecular complexity index is 463. The third-order valence-electron chi connectivity index (χ3n) is 3.28. The molecule has 1 fully saturated rings. The highest BCUT2D eigenvalue weighted by atomic mass is 35.5. The van der Waals surface area contributed by atoms with E-state index in [4.69, 9.17) is 22.2 Å². The molecule has 1 aliphatic heterocycles. The molecule has 6 nitrogen and oxygen atoms in total. The Morgan fingerprint density at radius 1 is 1.58 bits per heavy atom. The molecule has 7 heteroatoms. The van der Waals surface area contributed by atoms with E-state index in [2.05, 4.69) is 10.4 Å². The monoisotopic (exact) mass is 284 g/mol. The molecule has 2 heterocycles. The lowest BCUT2D eigenvalue weighted by atomic mass is 10.1. The van der Waals surface area contributed by atoms with E-state index in [-0.39, 0.29) is 11.9 Å². The average Bonchev–Trinajstić information content (AvgIpc) is 2.46. The lowest BCUT2D eigenvalue weighted by molar-refractivity contribution is 0.0362. The maximum atomic E-state index is 12.3. The lowest BCUT2D eigenvalue weighted by Crippen LogP contribution is -2.40. The standard InChI is InChI=1S/C12H17ClN4O2/c1-17(9-2-4-19-5-3-9)12(18)8-6-10(13)11(16-14)15-7-8/h6-7,9H,2-5,14H2,1H3,(H,15,16). The van der Waals surface area contributed by atoms with Crippen LogP contribution < -0.4 is 11.3 Å². The minimum absolute atomic E-state index is 0.0927. The molecule has 0 aliphatic carbocycles. The number of carbonyl (C=O) groups is 1. The third kappa shape index (κ3) is 3.15. The van der Waals surface area contributed by atoms with Crippen molar-refractivity contribution in [2.75, 3.05) is 25.7 Å². The van der Waals surface area contributed by atoms with Gasteiger partial charge in [-0.25, -0.2) is 10.8 Å².